The number of methoxy groups -OCH3 is 1. The van der Waals surface area contributed by atoms with E-state index < -0.39 is 30.1 Å². The SMILES string of the molecule is COc1cc(CO)cc2c1O[C@@H]1[C@@H](O)[C@H](N(C[C@@H]3CCCO3)C(=O)CCCC(C)=O)C=C(C(=O)NCCO)[C@H]21. The van der Waals surface area contributed by atoms with Crippen molar-refractivity contribution in [3.05, 3.63) is 34.9 Å². The molecular formula is C28H38N2O9. The van der Waals surface area contributed by atoms with Crippen LogP contribution in [0.5, 0.6) is 11.5 Å². The summed E-state index contributed by atoms with van der Waals surface area (Å²) in [4.78, 5) is 39.9. The van der Waals surface area contributed by atoms with Crippen LogP contribution in [0.25, 0.3) is 0 Å². The molecule has 0 spiro atoms. The minimum Gasteiger partial charge on any atom is -0.493 e. The van der Waals surface area contributed by atoms with Crippen molar-refractivity contribution in [2.45, 2.75) is 75.9 Å². The maximum absolute atomic E-state index is 13.5. The molecule has 0 bridgehead atoms. The molecule has 11 nitrogen and oxygen atoms in total. The molecule has 1 fully saturated rings. The quantitative estimate of drug-likeness (QED) is 0.295. The number of aliphatic hydroxyl groups excluding tert-OH is 3. The molecule has 214 valence electrons. The first kappa shape index (κ1) is 29.0. The van der Waals surface area contributed by atoms with Crippen LogP contribution >= 0.6 is 0 Å². The van der Waals surface area contributed by atoms with Crippen molar-refractivity contribution in [3.8, 4) is 11.5 Å². The van der Waals surface area contributed by atoms with Gasteiger partial charge in [-0.3, -0.25) is 9.59 Å². The van der Waals surface area contributed by atoms with E-state index in [0.717, 1.165) is 12.8 Å². The smallest absolute Gasteiger partial charge is 0.247 e. The predicted octanol–water partition coefficient (Wildman–Crippen LogP) is 0.577. The van der Waals surface area contributed by atoms with Gasteiger partial charge in [-0.05, 0) is 50.0 Å². The molecule has 2 amide bonds. The van der Waals surface area contributed by atoms with E-state index in [4.69, 9.17) is 14.2 Å². The Morgan fingerprint density at radius 1 is 1.21 bits per heavy atom. The van der Waals surface area contributed by atoms with Crippen LogP contribution in [-0.2, 0) is 25.7 Å². The highest BCUT2D eigenvalue weighted by Gasteiger charge is 2.51. The summed E-state index contributed by atoms with van der Waals surface area (Å²) in [6.45, 7) is 1.81. The number of ketones is 1. The first-order valence-corrected chi connectivity index (χ1v) is 13.5. The van der Waals surface area contributed by atoms with Crippen molar-refractivity contribution in [1.29, 1.82) is 0 Å². The van der Waals surface area contributed by atoms with Gasteiger partial charge in [0.1, 0.15) is 18.0 Å². The zero-order chi connectivity index (χ0) is 28.1. The van der Waals surface area contributed by atoms with Crippen LogP contribution in [0.15, 0.2) is 23.8 Å². The molecule has 39 heavy (non-hydrogen) atoms. The number of ether oxygens (including phenoxy) is 3. The van der Waals surface area contributed by atoms with Gasteiger partial charge in [0, 0.05) is 43.7 Å². The Labute approximate surface area is 227 Å². The van der Waals surface area contributed by atoms with Crippen LogP contribution in [0, 0.1) is 0 Å². The van der Waals surface area contributed by atoms with Gasteiger partial charge in [-0.15, -0.1) is 0 Å². The summed E-state index contributed by atoms with van der Waals surface area (Å²) in [5.74, 6) is -0.684. The molecule has 1 aliphatic carbocycles. The zero-order valence-corrected chi connectivity index (χ0v) is 22.4. The van der Waals surface area contributed by atoms with E-state index in [0.29, 0.717) is 35.7 Å². The number of amides is 2. The van der Waals surface area contributed by atoms with Gasteiger partial charge in [-0.2, -0.15) is 0 Å². The van der Waals surface area contributed by atoms with Gasteiger partial charge in [0.05, 0.1) is 38.4 Å². The summed E-state index contributed by atoms with van der Waals surface area (Å²) in [5, 5.41) is 33.4. The monoisotopic (exact) mass is 546 g/mol. The fourth-order valence-electron chi connectivity index (χ4n) is 5.65. The molecule has 2 heterocycles. The number of nitrogens with one attached hydrogen (secondary N) is 1. The van der Waals surface area contributed by atoms with E-state index in [1.165, 1.54) is 14.0 Å². The maximum atomic E-state index is 13.5. The summed E-state index contributed by atoms with van der Waals surface area (Å²) < 4.78 is 17.5. The van der Waals surface area contributed by atoms with Crippen molar-refractivity contribution in [3.63, 3.8) is 0 Å². The molecule has 0 aromatic heterocycles. The summed E-state index contributed by atoms with van der Waals surface area (Å²) in [7, 11) is 1.47. The minimum absolute atomic E-state index is 0.00919. The van der Waals surface area contributed by atoms with Crippen molar-refractivity contribution in [2.24, 2.45) is 0 Å². The fourth-order valence-corrected chi connectivity index (χ4v) is 5.65. The number of carbonyl (C=O) groups is 3. The van der Waals surface area contributed by atoms with Gasteiger partial charge in [0.15, 0.2) is 11.5 Å². The first-order chi connectivity index (χ1) is 18.8. The molecule has 1 saturated heterocycles. The van der Waals surface area contributed by atoms with Crippen molar-refractivity contribution >= 4 is 17.6 Å². The molecule has 2 aliphatic heterocycles. The number of hydrogen-bond donors (Lipinski definition) is 4. The molecule has 1 aromatic carbocycles. The molecule has 11 heteroatoms. The Morgan fingerprint density at radius 3 is 2.64 bits per heavy atom. The number of nitrogens with zero attached hydrogens (tertiary/aromatic N) is 1. The molecule has 0 saturated carbocycles. The van der Waals surface area contributed by atoms with Crippen LogP contribution in [0.3, 0.4) is 0 Å². The summed E-state index contributed by atoms with van der Waals surface area (Å²) >= 11 is 0. The molecular weight excluding hydrogens is 508 g/mol. The number of carbonyl (C=O) groups excluding carboxylic acids is 3. The number of benzene rings is 1. The van der Waals surface area contributed by atoms with Crippen LogP contribution < -0.4 is 14.8 Å². The van der Waals surface area contributed by atoms with Crippen LogP contribution in [0.4, 0.5) is 0 Å². The third kappa shape index (κ3) is 6.27. The molecule has 3 aliphatic rings. The first-order valence-electron chi connectivity index (χ1n) is 13.5. The molecule has 5 atom stereocenters. The minimum atomic E-state index is -1.20. The fraction of sp³-hybridized carbons (Fsp3) is 0.607. The van der Waals surface area contributed by atoms with Gasteiger partial charge in [-0.25, -0.2) is 0 Å². The highest BCUT2D eigenvalue weighted by Crippen LogP contribution is 2.51. The maximum Gasteiger partial charge on any atom is 0.247 e. The predicted molar refractivity (Wildman–Crippen MR) is 139 cm³/mol. The second-order valence-corrected chi connectivity index (χ2v) is 10.3. The lowest BCUT2D eigenvalue weighted by Crippen LogP contribution is -2.57. The zero-order valence-electron chi connectivity index (χ0n) is 22.4. The second kappa shape index (κ2) is 12.9. The van der Waals surface area contributed by atoms with Crippen LogP contribution in [-0.4, -0.2) is 95.6 Å². The van der Waals surface area contributed by atoms with E-state index in [1.54, 1.807) is 23.1 Å². The normalized spacial score (nSPS) is 25.3. The van der Waals surface area contributed by atoms with E-state index in [2.05, 4.69) is 5.32 Å². The summed E-state index contributed by atoms with van der Waals surface area (Å²) in [6.07, 6.45) is 1.68. The van der Waals surface area contributed by atoms with Gasteiger partial charge >= 0.3 is 0 Å². The molecule has 0 unspecified atom stereocenters. The highest BCUT2D eigenvalue weighted by molar-refractivity contribution is 5.96. The van der Waals surface area contributed by atoms with Crippen LogP contribution in [0.2, 0.25) is 0 Å². The lowest BCUT2D eigenvalue weighted by Gasteiger charge is -2.41. The molecule has 4 rings (SSSR count). The molecule has 0 radical (unpaired) electrons. The Hall–Kier alpha value is -2.99. The van der Waals surface area contributed by atoms with Gasteiger partial charge in [0.25, 0.3) is 0 Å². The Bertz CT molecular complexity index is 1100. The Kier molecular flexibility index (Phi) is 9.60. The largest absolute Gasteiger partial charge is 0.493 e. The van der Waals surface area contributed by atoms with E-state index in [1.807, 2.05) is 0 Å². The molecule has 1 aromatic rings. The number of rotatable bonds is 12. The topological polar surface area (TPSA) is 155 Å². The second-order valence-electron chi connectivity index (χ2n) is 10.3. The average Bonchev–Trinajstić information content (AvgIpc) is 3.58. The average molecular weight is 547 g/mol. The van der Waals surface area contributed by atoms with Crippen molar-refractivity contribution in [1.82, 2.24) is 10.2 Å². The number of aliphatic hydroxyl groups is 3. The Morgan fingerprint density at radius 2 is 2.00 bits per heavy atom. The highest BCUT2D eigenvalue weighted by atomic mass is 16.5. The Balaban J connectivity index is 1.74. The van der Waals surface area contributed by atoms with Crippen molar-refractivity contribution < 1.29 is 43.9 Å². The number of Topliss-reactive ketones (excluding diaryl/α,β-unsaturated/α-hetero) is 1. The lowest BCUT2D eigenvalue weighted by atomic mass is 9.77. The van der Waals surface area contributed by atoms with E-state index >= 15 is 0 Å². The summed E-state index contributed by atoms with van der Waals surface area (Å²) in [6, 6.07) is 2.46. The summed E-state index contributed by atoms with van der Waals surface area (Å²) in [5.41, 5.74) is 1.43. The third-order valence-corrected chi connectivity index (χ3v) is 7.52. The van der Waals surface area contributed by atoms with Gasteiger partial charge < -0.3 is 44.5 Å². The van der Waals surface area contributed by atoms with Crippen molar-refractivity contribution in [2.75, 3.05) is 33.4 Å². The third-order valence-electron chi connectivity index (χ3n) is 7.52. The lowest BCUT2D eigenvalue weighted by molar-refractivity contribution is -0.139. The molecule has 4 N–H and O–H groups in total. The number of fused-ring (bicyclic) bond motifs is 3. The number of hydrogen-bond acceptors (Lipinski definition) is 9. The van der Waals surface area contributed by atoms with E-state index in [9.17, 15) is 29.7 Å². The van der Waals surface area contributed by atoms with Crippen LogP contribution in [0.1, 0.15) is 56.1 Å². The van der Waals surface area contributed by atoms with Gasteiger partial charge in [0.2, 0.25) is 11.8 Å². The van der Waals surface area contributed by atoms with Gasteiger partial charge in [-0.1, -0.05) is 0 Å². The standard InChI is InChI=1S/C28H38N2O9/c1-16(33)5-3-7-23(34)30(14-18-6-4-10-38-18)21-13-20(28(36)29-8-9-31)24-19-11-17(15-32)12-22(37-2)26(19)39-27(24)25(21)35/h11-13,18,21,24-25,27,31-32,35H,3-10,14-15H2,1-2H3,(H,29,36)/t18-,21+,24-,25-,27-/m0/s1. The van der Waals surface area contributed by atoms with E-state index in [-0.39, 0.29) is 62.5 Å².